The van der Waals surface area contributed by atoms with E-state index in [4.69, 9.17) is 44.3 Å². The van der Waals surface area contributed by atoms with Gasteiger partial charge in [0, 0.05) is 16.1 Å². The van der Waals surface area contributed by atoms with Crippen LogP contribution in [-0.4, -0.2) is 49.3 Å². The highest BCUT2D eigenvalue weighted by Crippen LogP contribution is 2.10. The van der Waals surface area contributed by atoms with Gasteiger partial charge in [0.15, 0.2) is 12.2 Å². The van der Waals surface area contributed by atoms with E-state index in [1.165, 1.54) is 13.8 Å². The summed E-state index contributed by atoms with van der Waals surface area (Å²) >= 11 is 16.5. The minimum atomic E-state index is -1.32. The van der Waals surface area contributed by atoms with Crippen molar-refractivity contribution in [3.8, 4) is 0 Å². The molecule has 8 nitrogen and oxygen atoms in total. The van der Waals surface area contributed by atoms with Gasteiger partial charge in [0.1, 0.15) is 18.2 Å². The smallest absolute Gasteiger partial charge is 0.350 e. The number of rotatable bonds is 10. The fourth-order valence-corrected chi connectivity index (χ4v) is 1.46. The molecule has 0 N–H and O–H groups in total. The third-order valence-corrected chi connectivity index (χ3v) is 2.90. The molecule has 0 spiro atoms. The molecule has 150 valence electrons. The van der Waals surface area contributed by atoms with Crippen LogP contribution in [0.4, 0.5) is 0 Å². The van der Waals surface area contributed by atoms with Crippen LogP contribution in [0.3, 0.4) is 0 Å². The van der Waals surface area contributed by atoms with Gasteiger partial charge in [-0.1, -0.05) is 48.0 Å². The Labute approximate surface area is 170 Å². The number of halogens is 3. The SMILES string of the molecule is C=C(Cl)COC(=O)[C@H](C)OC(=O)/C=C(\Cl)C(=O)O[C@@H](C)C(=O)OCC(=C)Cl. The van der Waals surface area contributed by atoms with Crippen molar-refractivity contribution < 1.29 is 38.1 Å². The molecule has 0 fully saturated rings. The average molecular weight is 444 g/mol. The molecule has 0 aromatic heterocycles. The quantitative estimate of drug-likeness (QED) is 0.288. The van der Waals surface area contributed by atoms with Gasteiger partial charge >= 0.3 is 23.9 Å². The van der Waals surface area contributed by atoms with Crippen molar-refractivity contribution in [3.05, 3.63) is 34.3 Å². The molecule has 0 radical (unpaired) electrons. The van der Waals surface area contributed by atoms with Crippen LogP contribution < -0.4 is 0 Å². The first-order valence-electron chi connectivity index (χ1n) is 7.22. The zero-order valence-corrected chi connectivity index (χ0v) is 16.7. The maximum Gasteiger partial charge on any atom is 0.350 e. The van der Waals surface area contributed by atoms with Crippen molar-refractivity contribution >= 4 is 58.7 Å². The molecular formula is C16H17Cl3O8. The number of hydrogen-bond donors (Lipinski definition) is 0. The van der Waals surface area contributed by atoms with E-state index in [1.54, 1.807) is 0 Å². The fraction of sp³-hybridized carbons (Fsp3) is 0.375. The highest BCUT2D eigenvalue weighted by atomic mass is 35.5. The van der Waals surface area contributed by atoms with E-state index in [1.807, 2.05) is 0 Å². The van der Waals surface area contributed by atoms with Crippen molar-refractivity contribution in [2.24, 2.45) is 0 Å². The molecule has 0 bridgehead atoms. The lowest BCUT2D eigenvalue weighted by molar-refractivity contribution is -0.164. The van der Waals surface area contributed by atoms with Gasteiger partial charge < -0.3 is 18.9 Å². The van der Waals surface area contributed by atoms with Crippen molar-refractivity contribution in [3.63, 3.8) is 0 Å². The Hall–Kier alpha value is -2.03. The van der Waals surface area contributed by atoms with Crippen molar-refractivity contribution in [2.45, 2.75) is 26.1 Å². The van der Waals surface area contributed by atoms with Crippen LogP contribution in [0.1, 0.15) is 13.8 Å². The van der Waals surface area contributed by atoms with Crippen LogP contribution in [0, 0.1) is 0 Å². The van der Waals surface area contributed by atoms with E-state index in [0.29, 0.717) is 6.08 Å². The second kappa shape index (κ2) is 12.4. The summed E-state index contributed by atoms with van der Waals surface area (Å²) in [5.74, 6) is -4.07. The molecular weight excluding hydrogens is 427 g/mol. The number of hydrogen-bond acceptors (Lipinski definition) is 8. The molecule has 0 aliphatic heterocycles. The second-order valence-corrected chi connectivity index (χ2v) is 6.35. The normalized spacial score (nSPS) is 13.0. The summed E-state index contributed by atoms with van der Waals surface area (Å²) in [6, 6.07) is 0. The Morgan fingerprint density at radius 1 is 0.852 bits per heavy atom. The molecule has 0 aliphatic carbocycles. The van der Waals surface area contributed by atoms with Crippen LogP contribution in [0.15, 0.2) is 34.3 Å². The van der Waals surface area contributed by atoms with Crippen LogP contribution in [0.2, 0.25) is 0 Å². The fourth-order valence-electron chi connectivity index (χ4n) is 1.22. The summed E-state index contributed by atoms with van der Waals surface area (Å²) in [5.41, 5.74) is 0. The van der Waals surface area contributed by atoms with Crippen molar-refractivity contribution in [1.29, 1.82) is 0 Å². The topological polar surface area (TPSA) is 105 Å². The molecule has 0 saturated carbocycles. The maximum atomic E-state index is 11.7. The van der Waals surface area contributed by atoms with Gasteiger partial charge in [-0.3, -0.25) is 0 Å². The standard InChI is InChI=1S/C16H17Cl3O8/c1-8(17)6-24-14(21)10(3)26-13(20)5-12(19)16(23)27-11(4)15(22)25-7-9(2)18/h5,10-11H,1-2,6-7H2,3-4H3/b12-5-/t10-,11-/m0/s1. The van der Waals surface area contributed by atoms with Gasteiger partial charge in [-0.05, 0) is 13.8 Å². The number of esters is 4. The van der Waals surface area contributed by atoms with Crippen LogP contribution in [0.25, 0.3) is 0 Å². The molecule has 0 unspecified atom stereocenters. The summed E-state index contributed by atoms with van der Waals surface area (Å²) in [5, 5.41) is -0.530. The van der Waals surface area contributed by atoms with Crippen LogP contribution in [0.5, 0.6) is 0 Å². The third kappa shape index (κ3) is 11.3. The first-order chi connectivity index (χ1) is 12.4. The van der Waals surface area contributed by atoms with E-state index in [9.17, 15) is 19.2 Å². The largest absolute Gasteiger partial charge is 0.457 e. The summed E-state index contributed by atoms with van der Waals surface area (Å²) < 4.78 is 18.8. The number of carbonyl (C=O) groups excluding carboxylic acids is 4. The van der Waals surface area contributed by atoms with Gasteiger partial charge in [0.2, 0.25) is 0 Å². The zero-order chi connectivity index (χ0) is 21.1. The number of carbonyl (C=O) groups is 4. The first-order valence-corrected chi connectivity index (χ1v) is 8.36. The Bertz CT molecular complexity index is 656. The molecule has 2 atom stereocenters. The lowest BCUT2D eigenvalue weighted by Crippen LogP contribution is -2.27. The first kappa shape index (κ1) is 25.0. The van der Waals surface area contributed by atoms with Gasteiger partial charge in [0.25, 0.3) is 0 Å². The molecule has 0 saturated heterocycles. The van der Waals surface area contributed by atoms with E-state index in [2.05, 4.69) is 22.6 Å². The molecule has 0 aromatic rings. The molecule has 11 heteroatoms. The summed E-state index contributed by atoms with van der Waals surface area (Å²) in [6.07, 6.45) is -2.03. The zero-order valence-electron chi connectivity index (χ0n) is 14.5. The van der Waals surface area contributed by atoms with E-state index >= 15 is 0 Å². The maximum absolute atomic E-state index is 11.7. The Kier molecular flexibility index (Phi) is 11.4. The highest BCUT2D eigenvalue weighted by molar-refractivity contribution is 6.42. The highest BCUT2D eigenvalue weighted by Gasteiger charge is 2.23. The predicted molar refractivity (Wildman–Crippen MR) is 96.9 cm³/mol. The summed E-state index contributed by atoms with van der Waals surface area (Å²) in [7, 11) is 0. The third-order valence-electron chi connectivity index (χ3n) is 2.42. The van der Waals surface area contributed by atoms with Gasteiger partial charge in [-0.2, -0.15) is 0 Å². The predicted octanol–water partition coefficient (Wildman–Crippen LogP) is 2.56. The molecule has 0 aliphatic rings. The average Bonchev–Trinajstić information content (AvgIpc) is 2.56. The molecule has 0 amide bonds. The van der Waals surface area contributed by atoms with Crippen LogP contribution in [-0.2, 0) is 38.1 Å². The molecule has 0 aromatic carbocycles. The summed E-state index contributed by atoms with van der Waals surface area (Å²) in [6.45, 7) is 8.59. The molecule has 27 heavy (non-hydrogen) atoms. The van der Waals surface area contributed by atoms with E-state index in [-0.39, 0.29) is 23.3 Å². The Morgan fingerprint density at radius 2 is 1.26 bits per heavy atom. The van der Waals surface area contributed by atoms with E-state index < -0.39 is 41.1 Å². The number of ether oxygens (including phenoxy) is 4. The van der Waals surface area contributed by atoms with Crippen molar-refractivity contribution in [2.75, 3.05) is 13.2 Å². The Balaban J connectivity index is 4.59. The summed E-state index contributed by atoms with van der Waals surface area (Å²) in [4.78, 5) is 46.4. The van der Waals surface area contributed by atoms with E-state index in [0.717, 1.165) is 0 Å². The lowest BCUT2D eigenvalue weighted by Gasteiger charge is -2.13. The lowest BCUT2D eigenvalue weighted by atomic mass is 10.4. The minimum absolute atomic E-state index is 0.0746. The van der Waals surface area contributed by atoms with Gasteiger partial charge in [-0.25, -0.2) is 19.2 Å². The second-order valence-electron chi connectivity index (χ2n) is 4.87. The van der Waals surface area contributed by atoms with Gasteiger partial charge in [0.05, 0.1) is 0 Å². The Morgan fingerprint density at radius 3 is 1.67 bits per heavy atom. The van der Waals surface area contributed by atoms with Crippen LogP contribution >= 0.6 is 34.8 Å². The monoisotopic (exact) mass is 442 g/mol. The molecule has 0 heterocycles. The van der Waals surface area contributed by atoms with Gasteiger partial charge in [-0.15, -0.1) is 0 Å². The van der Waals surface area contributed by atoms with Crippen molar-refractivity contribution in [1.82, 2.24) is 0 Å². The minimum Gasteiger partial charge on any atom is -0.457 e. The molecule has 0 rings (SSSR count).